The monoisotopic (exact) mass is 546 g/mol. The zero-order chi connectivity index (χ0) is 24.7. The molecule has 3 aliphatic heterocycles. The summed E-state index contributed by atoms with van der Waals surface area (Å²) in [5.74, 6) is 2.34. The molecule has 0 saturated carbocycles. The van der Waals surface area contributed by atoms with Crippen molar-refractivity contribution in [3.8, 4) is 5.75 Å². The van der Waals surface area contributed by atoms with Gasteiger partial charge in [0, 0.05) is 53.4 Å². The van der Waals surface area contributed by atoms with Crippen LogP contribution in [0.1, 0.15) is 0 Å². The molecule has 1 saturated heterocycles. The van der Waals surface area contributed by atoms with Crippen molar-refractivity contribution in [2.24, 2.45) is 14.1 Å². The topological polar surface area (TPSA) is 99.0 Å². The van der Waals surface area contributed by atoms with Crippen molar-refractivity contribution in [3.05, 3.63) is 55.4 Å². The smallest absolute Gasteiger partial charge is 0.332 e. The fourth-order valence-corrected chi connectivity index (χ4v) is 5.43. The van der Waals surface area contributed by atoms with Gasteiger partial charge in [0.05, 0.1) is 23.8 Å². The average Bonchev–Trinajstić information content (AvgIpc) is 3.25. The predicted molar refractivity (Wildman–Crippen MR) is 140 cm³/mol. The minimum Gasteiger partial charge on any atom is -0.495 e. The van der Waals surface area contributed by atoms with Crippen LogP contribution < -0.4 is 41.7 Å². The summed E-state index contributed by atoms with van der Waals surface area (Å²) in [4.78, 5) is 31.8. The van der Waals surface area contributed by atoms with E-state index in [0.29, 0.717) is 18.1 Å². The van der Waals surface area contributed by atoms with E-state index in [-0.39, 0.29) is 17.5 Å². The molecule has 1 unspecified atom stereocenters. The summed E-state index contributed by atoms with van der Waals surface area (Å²) < 4.78 is 9.06. The predicted octanol–water partition coefficient (Wildman–Crippen LogP) is 0.187. The van der Waals surface area contributed by atoms with Crippen molar-refractivity contribution in [2.75, 3.05) is 68.0 Å². The van der Waals surface area contributed by atoms with Crippen LogP contribution in [0.5, 0.6) is 5.75 Å². The fourth-order valence-electron chi connectivity index (χ4n) is 4.90. The maximum Gasteiger partial charge on any atom is 0.332 e. The number of halogens is 1. The lowest BCUT2D eigenvalue weighted by molar-refractivity contribution is 0.258. The highest BCUT2D eigenvalue weighted by Gasteiger charge is 2.38. The average molecular weight is 547 g/mol. The normalized spacial score (nSPS) is 19.7. The molecule has 1 aromatic heterocycles. The molecule has 12 heteroatoms. The number of anilines is 3. The van der Waals surface area contributed by atoms with Gasteiger partial charge in [0.25, 0.3) is 5.56 Å². The third-order valence-corrected chi connectivity index (χ3v) is 7.55. The van der Waals surface area contributed by atoms with Crippen LogP contribution in [-0.4, -0.2) is 73.2 Å². The Morgan fingerprint density at radius 1 is 1.09 bits per heavy atom. The van der Waals surface area contributed by atoms with Gasteiger partial charge in [-0.25, -0.2) is 4.79 Å². The van der Waals surface area contributed by atoms with Gasteiger partial charge >= 0.3 is 5.69 Å². The Labute approximate surface area is 212 Å². The molecular weight excluding hydrogens is 516 g/mol. The SMILES string of the molecule is COc1ccccc1N1CCN(CCNC2=C(Br)CN3c4c(n(C)c(=O)n(C)c4=O)NC3N2)CC1. The van der Waals surface area contributed by atoms with Crippen LogP contribution in [-0.2, 0) is 14.1 Å². The number of fused-ring (bicyclic) bond motifs is 3. The molecule has 2 aromatic rings. The van der Waals surface area contributed by atoms with E-state index in [9.17, 15) is 9.59 Å². The lowest BCUT2D eigenvalue weighted by Gasteiger charge is -2.37. The molecule has 4 heterocycles. The van der Waals surface area contributed by atoms with E-state index in [1.807, 2.05) is 23.1 Å². The lowest BCUT2D eigenvalue weighted by atomic mass is 10.2. The first-order chi connectivity index (χ1) is 16.9. The molecule has 0 amide bonds. The van der Waals surface area contributed by atoms with Crippen molar-refractivity contribution < 1.29 is 4.74 Å². The Kier molecular flexibility index (Phi) is 6.41. The third-order valence-electron chi connectivity index (χ3n) is 6.90. The summed E-state index contributed by atoms with van der Waals surface area (Å²) >= 11 is 3.67. The Morgan fingerprint density at radius 2 is 1.83 bits per heavy atom. The molecule has 0 bridgehead atoms. The number of para-hydroxylation sites is 2. The molecule has 11 nitrogen and oxygen atoms in total. The number of rotatable bonds is 6. The number of piperazine rings is 1. The van der Waals surface area contributed by atoms with Gasteiger partial charge in [-0.2, -0.15) is 0 Å². The summed E-state index contributed by atoms with van der Waals surface area (Å²) in [5, 5.41) is 10.2. The van der Waals surface area contributed by atoms with E-state index >= 15 is 0 Å². The number of hydrogen-bond donors (Lipinski definition) is 3. The van der Waals surface area contributed by atoms with Crippen molar-refractivity contribution in [1.29, 1.82) is 0 Å². The number of methoxy groups -OCH3 is 1. The van der Waals surface area contributed by atoms with E-state index in [1.165, 1.54) is 11.6 Å². The molecule has 3 N–H and O–H groups in total. The standard InChI is InChI=1S/C23H31BrN8O3/c1-28-20-18(21(33)29(2)23(28)34)32-14-15(24)19(26-22(32)27-20)25-8-9-30-10-12-31(13-11-30)16-6-4-5-7-17(16)35-3/h4-7,22,25-27H,8-14H2,1-3H3. The van der Waals surface area contributed by atoms with Gasteiger partial charge < -0.3 is 30.5 Å². The van der Waals surface area contributed by atoms with E-state index in [0.717, 1.165) is 65.6 Å². The molecule has 1 atom stereocenters. The molecule has 0 aliphatic carbocycles. The summed E-state index contributed by atoms with van der Waals surface area (Å²) in [5.41, 5.74) is 0.993. The summed E-state index contributed by atoms with van der Waals surface area (Å²) in [6.07, 6.45) is -0.307. The number of benzene rings is 1. The van der Waals surface area contributed by atoms with Gasteiger partial charge in [-0.3, -0.25) is 18.8 Å². The quantitative estimate of drug-likeness (QED) is 0.468. The van der Waals surface area contributed by atoms with Gasteiger partial charge in [-0.05, 0) is 28.1 Å². The molecule has 188 valence electrons. The van der Waals surface area contributed by atoms with Gasteiger partial charge in [-0.15, -0.1) is 0 Å². The highest BCUT2D eigenvalue weighted by atomic mass is 79.9. The van der Waals surface area contributed by atoms with Gasteiger partial charge in [0.15, 0.2) is 6.29 Å². The van der Waals surface area contributed by atoms with Crippen molar-refractivity contribution >= 4 is 33.1 Å². The van der Waals surface area contributed by atoms with Crippen LogP contribution in [0.15, 0.2) is 44.2 Å². The first kappa shape index (κ1) is 23.6. The van der Waals surface area contributed by atoms with E-state index in [4.69, 9.17) is 4.74 Å². The van der Waals surface area contributed by atoms with Crippen LogP contribution in [0.25, 0.3) is 0 Å². The maximum absolute atomic E-state index is 12.8. The Hall–Kier alpha value is -3.12. The van der Waals surface area contributed by atoms with Crippen LogP contribution in [0.4, 0.5) is 17.2 Å². The zero-order valence-electron chi connectivity index (χ0n) is 20.2. The Balaban J connectivity index is 1.16. The Bertz CT molecular complexity index is 1260. The molecule has 3 aliphatic rings. The second-order valence-corrected chi connectivity index (χ2v) is 9.89. The summed E-state index contributed by atoms with van der Waals surface area (Å²) in [7, 11) is 4.89. The van der Waals surface area contributed by atoms with Crippen LogP contribution >= 0.6 is 15.9 Å². The number of nitrogens with zero attached hydrogens (tertiary/aromatic N) is 5. The second kappa shape index (κ2) is 9.50. The summed E-state index contributed by atoms with van der Waals surface area (Å²) in [6.45, 7) is 6.10. The number of aromatic nitrogens is 2. The first-order valence-electron chi connectivity index (χ1n) is 11.7. The molecule has 0 spiro atoms. The largest absolute Gasteiger partial charge is 0.495 e. The molecule has 5 rings (SSSR count). The van der Waals surface area contributed by atoms with Gasteiger partial charge in [-0.1, -0.05) is 12.1 Å². The Morgan fingerprint density at radius 3 is 2.57 bits per heavy atom. The number of ether oxygens (including phenoxy) is 1. The van der Waals surface area contributed by atoms with Crippen molar-refractivity contribution in [2.45, 2.75) is 6.29 Å². The third kappa shape index (κ3) is 4.25. The van der Waals surface area contributed by atoms with Crippen LogP contribution in [0.2, 0.25) is 0 Å². The molecule has 1 aromatic carbocycles. The van der Waals surface area contributed by atoms with Crippen molar-refractivity contribution in [1.82, 2.24) is 24.7 Å². The molecule has 0 radical (unpaired) electrons. The van der Waals surface area contributed by atoms with Gasteiger partial charge in [0.2, 0.25) is 0 Å². The highest BCUT2D eigenvalue weighted by Crippen LogP contribution is 2.33. The second-order valence-electron chi connectivity index (χ2n) is 8.93. The van der Waals surface area contributed by atoms with E-state index in [1.54, 1.807) is 14.2 Å². The van der Waals surface area contributed by atoms with Crippen molar-refractivity contribution in [3.63, 3.8) is 0 Å². The fraction of sp³-hybridized carbons (Fsp3) is 0.478. The maximum atomic E-state index is 12.8. The first-order valence-corrected chi connectivity index (χ1v) is 12.5. The zero-order valence-corrected chi connectivity index (χ0v) is 21.8. The number of nitrogens with one attached hydrogen (secondary N) is 3. The van der Waals surface area contributed by atoms with E-state index in [2.05, 4.69) is 47.7 Å². The minimum absolute atomic E-state index is 0.302. The number of hydrogen-bond acceptors (Lipinski definition) is 9. The minimum atomic E-state index is -0.350. The highest BCUT2D eigenvalue weighted by molar-refractivity contribution is 9.11. The lowest BCUT2D eigenvalue weighted by Crippen LogP contribution is -2.55. The molecular formula is C23H31BrN8O3. The van der Waals surface area contributed by atoms with Crippen LogP contribution in [0, 0.1) is 0 Å². The molecule has 1 fully saturated rings. The van der Waals surface area contributed by atoms with Gasteiger partial charge in [0.1, 0.15) is 23.1 Å². The molecule has 35 heavy (non-hydrogen) atoms. The van der Waals surface area contributed by atoms with E-state index < -0.39 is 0 Å². The van der Waals surface area contributed by atoms with Crippen LogP contribution in [0.3, 0.4) is 0 Å². The summed E-state index contributed by atoms with van der Waals surface area (Å²) in [6, 6.07) is 8.16.